The molecule has 0 saturated heterocycles. The molecule has 0 aliphatic carbocycles. The third-order valence-electron chi connectivity index (χ3n) is 1.81. The lowest BCUT2D eigenvalue weighted by Crippen LogP contribution is -2.32. The Bertz CT molecular complexity index is 378. The van der Waals surface area contributed by atoms with Gasteiger partial charge in [-0.1, -0.05) is 6.07 Å². The first-order chi connectivity index (χ1) is 6.34. The lowest BCUT2D eigenvalue weighted by Gasteiger charge is -1.98. The minimum Gasteiger partial charge on any atom is -0.354 e. The van der Waals surface area contributed by atoms with E-state index >= 15 is 0 Å². The summed E-state index contributed by atoms with van der Waals surface area (Å²) in [4.78, 5) is 4.23. The van der Waals surface area contributed by atoms with Crippen molar-refractivity contribution < 1.29 is 4.57 Å². The molecule has 3 nitrogen and oxygen atoms in total. The molecule has 0 aliphatic heterocycles. The summed E-state index contributed by atoms with van der Waals surface area (Å²) in [5, 5.41) is 0. The summed E-state index contributed by atoms with van der Waals surface area (Å²) in [6.45, 7) is 0.779. The van der Waals surface area contributed by atoms with Gasteiger partial charge in [-0.3, -0.25) is 4.98 Å². The minimum absolute atomic E-state index is 0.779. The van der Waals surface area contributed by atoms with Gasteiger partial charge in [0.15, 0.2) is 0 Å². The van der Waals surface area contributed by atoms with Crippen molar-refractivity contribution in [2.45, 2.75) is 6.54 Å². The van der Waals surface area contributed by atoms with Crippen LogP contribution in [0, 0.1) is 6.33 Å². The van der Waals surface area contributed by atoms with E-state index in [-0.39, 0.29) is 0 Å². The van der Waals surface area contributed by atoms with Crippen LogP contribution in [0.15, 0.2) is 36.8 Å². The number of pyridine rings is 1. The Balaban J connectivity index is 2.15. The summed E-state index contributed by atoms with van der Waals surface area (Å²) < 4.78 is 3.87. The highest BCUT2D eigenvalue weighted by Crippen LogP contribution is 1.91. The number of imidazole rings is 1. The number of hydrogen-bond acceptors (Lipinski definition) is 1. The molecular formula is C10H11N3. The third-order valence-corrected chi connectivity index (χ3v) is 1.81. The predicted octanol–water partition coefficient (Wildman–Crippen LogP) is 0.556. The Labute approximate surface area is 77.3 Å². The molecule has 0 unspecified atom stereocenters. The van der Waals surface area contributed by atoms with Gasteiger partial charge < -0.3 is 9.13 Å². The van der Waals surface area contributed by atoms with Crippen LogP contribution in [-0.4, -0.2) is 9.55 Å². The van der Waals surface area contributed by atoms with Crippen molar-refractivity contribution in [3.63, 3.8) is 0 Å². The fraction of sp³-hybridized carbons (Fsp3) is 0.200. The van der Waals surface area contributed by atoms with E-state index in [2.05, 4.69) is 11.3 Å². The largest absolute Gasteiger partial charge is 0.354 e. The summed E-state index contributed by atoms with van der Waals surface area (Å²) in [6, 6.07) is 5.92. The molecule has 0 N–H and O–H groups in total. The molecular weight excluding hydrogens is 162 g/mol. The highest BCUT2D eigenvalue weighted by molar-refractivity contribution is 5.01. The van der Waals surface area contributed by atoms with Crippen molar-refractivity contribution in [1.29, 1.82) is 0 Å². The summed E-state index contributed by atoms with van der Waals surface area (Å²) >= 11 is 0. The molecule has 2 aromatic rings. The molecule has 0 radical (unpaired) electrons. The molecule has 66 valence electrons. The van der Waals surface area contributed by atoms with Gasteiger partial charge in [0.25, 0.3) is 0 Å². The van der Waals surface area contributed by atoms with Crippen molar-refractivity contribution in [3.05, 3.63) is 48.8 Å². The molecule has 2 heterocycles. The van der Waals surface area contributed by atoms with Gasteiger partial charge in [0, 0.05) is 6.20 Å². The third kappa shape index (κ3) is 1.93. The smallest absolute Gasteiger partial charge is 0.204 e. The zero-order valence-electron chi connectivity index (χ0n) is 7.51. The first-order valence-corrected chi connectivity index (χ1v) is 4.18. The number of nitrogens with zero attached hydrogens (tertiary/aromatic N) is 3. The second-order valence-corrected chi connectivity index (χ2v) is 2.96. The quantitative estimate of drug-likeness (QED) is 0.480. The van der Waals surface area contributed by atoms with E-state index in [1.54, 1.807) is 6.20 Å². The second kappa shape index (κ2) is 3.39. The Morgan fingerprint density at radius 1 is 1.54 bits per heavy atom. The molecule has 13 heavy (non-hydrogen) atoms. The van der Waals surface area contributed by atoms with Gasteiger partial charge in [-0.2, -0.15) is 0 Å². The maximum absolute atomic E-state index is 4.23. The molecule has 0 spiro atoms. The summed E-state index contributed by atoms with van der Waals surface area (Å²) in [6.07, 6.45) is 8.86. The molecule has 0 atom stereocenters. The van der Waals surface area contributed by atoms with Crippen molar-refractivity contribution in [1.82, 2.24) is 9.55 Å². The van der Waals surface area contributed by atoms with E-state index in [1.807, 2.05) is 46.8 Å². The SMILES string of the molecule is Cn1[c-][n+](Cc2ccccn2)cc1. The van der Waals surface area contributed by atoms with E-state index in [1.165, 1.54) is 0 Å². The van der Waals surface area contributed by atoms with Crippen molar-refractivity contribution >= 4 is 0 Å². The van der Waals surface area contributed by atoms with Crippen LogP contribution in [0.2, 0.25) is 0 Å². The van der Waals surface area contributed by atoms with E-state index < -0.39 is 0 Å². The topological polar surface area (TPSA) is 21.7 Å². The van der Waals surface area contributed by atoms with E-state index in [9.17, 15) is 0 Å². The van der Waals surface area contributed by atoms with Gasteiger partial charge in [-0.25, -0.2) is 0 Å². The summed E-state index contributed by atoms with van der Waals surface area (Å²) in [7, 11) is 1.95. The van der Waals surface area contributed by atoms with Crippen LogP contribution in [0.3, 0.4) is 0 Å². The Kier molecular flexibility index (Phi) is 2.08. The fourth-order valence-electron chi connectivity index (χ4n) is 1.20. The number of aromatic nitrogens is 3. The molecule has 0 fully saturated rings. The van der Waals surface area contributed by atoms with Crippen molar-refractivity contribution in [2.75, 3.05) is 0 Å². The average molecular weight is 173 g/mol. The lowest BCUT2D eigenvalue weighted by molar-refractivity contribution is -0.692. The molecule has 2 rings (SSSR count). The zero-order chi connectivity index (χ0) is 9.10. The second-order valence-electron chi connectivity index (χ2n) is 2.96. The first kappa shape index (κ1) is 7.98. The predicted molar refractivity (Wildman–Crippen MR) is 47.8 cm³/mol. The van der Waals surface area contributed by atoms with Crippen molar-refractivity contribution in [3.8, 4) is 0 Å². The van der Waals surface area contributed by atoms with Gasteiger partial charge in [0.2, 0.25) is 6.33 Å². The monoisotopic (exact) mass is 173 g/mol. The number of rotatable bonds is 2. The van der Waals surface area contributed by atoms with E-state index in [4.69, 9.17) is 0 Å². The van der Waals surface area contributed by atoms with E-state index in [0.29, 0.717) is 0 Å². The van der Waals surface area contributed by atoms with Gasteiger partial charge in [-0.05, 0) is 24.5 Å². The normalized spacial score (nSPS) is 10.2. The average Bonchev–Trinajstić information content (AvgIpc) is 2.53. The van der Waals surface area contributed by atoms with Gasteiger partial charge in [0.05, 0.1) is 12.7 Å². The zero-order valence-corrected chi connectivity index (χ0v) is 7.51. The molecule has 2 aromatic heterocycles. The van der Waals surface area contributed by atoms with Crippen LogP contribution in [0.1, 0.15) is 5.69 Å². The lowest BCUT2D eigenvalue weighted by atomic mass is 10.3. The summed E-state index contributed by atoms with van der Waals surface area (Å²) in [5.74, 6) is 0. The van der Waals surface area contributed by atoms with Crippen LogP contribution >= 0.6 is 0 Å². The van der Waals surface area contributed by atoms with Crippen LogP contribution < -0.4 is 4.57 Å². The van der Waals surface area contributed by atoms with Gasteiger partial charge in [-0.15, -0.1) is 0 Å². The van der Waals surface area contributed by atoms with E-state index in [0.717, 1.165) is 12.2 Å². The van der Waals surface area contributed by atoms with Crippen LogP contribution in [0.5, 0.6) is 0 Å². The van der Waals surface area contributed by atoms with Gasteiger partial charge in [0.1, 0.15) is 6.54 Å². The molecule has 0 aliphatic rings. The number of hydrogen-bond donors (Lipinski definition) is 0. The maximum Gasteiger partial charge on any atom is 0.204 e. The molecule has 0 bridgehead atoms. The van der Waals surface area contributed by atoms with Crippen molar-refractivity contribution in [2.24, 2.45) is 7.05 Å². The minimum atomic E-state index is 0.779. The summed E-state index contributed by atoms with van der Waals surface area (Å²) in [5.41, 5.74) is 1.05. The Morgan fingerprint density at radius 2 is 2.46 bits per heavy atom. The highest BCUT2D eigenvalue weighted by atomic mass is 15.1. The Morgan fingerprint density at radius 3 is 3.08 bits per heavy atom. The maximum atomic E-state index is 4.23. The van der Waals surface area contributed by atoms with Crippen LogP contribution in [0.4, 0.5) is 0 Å². The first-order valence-electron chi connectivity index (χ1n) is 4.18. The fourth-order valence-corrected chi connectivity index (χ4v) is 1.20. The molecule has 0 aromatic carbocycles. The highest BCUT2D eigenvalue weighted by Gasteiger charge is 1.95. The number of aryl methyl sites for hydroxylation is 1. The molecule has 0 saturated carbocycles. The Hall–Kier alpha value is -1.64. The van der Waals surface area contributed by atoms with Crippen LogP contribution in [0.25, 0.3) is 0 Å². The van der Waals surface area contributed by atoms with Crippen LogP contribution in [-0.2, 0) is 13.6 Å². The molecule has 0 amide bonds. The van der Waals surface area contributed by atoms with Gasteiger partial charge >= 0.3 is 0 Å². The standard InChI is InChI=1S/C10H11N3/c1-12-6-7-13(9-12)8-10-4-2-3-5-11-10/h2-7H,8H2,1H3. The molecule has 3 heteroatoms.